The molecule has 0 aliphatic heterocycles. The second kappa shape index (κ2) is 4.02. The van der Waals surface area contributed by atoms with Crippen molar-refractivity contribution in [3.8, 4) is 0 Å². The first-order chi connectivity index (χ1) is 5.75. The number of benzene rings is 1. The molecule has 1 unspecified atom stereocenters. The third kappa shape index (κ3) is 1.92. The van der Waals surface area contributed by atoms with E-state index in [0.717, 1.165) is 17.2 Å². The van der Waals surface area contributed by atoms with E-state index < -0.39 is 6.10 Å². The summed E-state index contributed by atoms with van der Waals surface area (Å²) >= 11 is 0. The van der Waals surface area contributed by atoms with Crippen molar-refractivity contribution in [3.63, 3.8) is 0 Å². The number of aryl methyl sites for hydroxylation is 1. The van der Waals surface area contributed by atoms with Gasteiger partial charge in [-0.3, -0.25) is 0 Å². The maximum absolute atomic E-state index is 11.7. The van der Waals surface area contributed by atoms with Crippen LogP contribution in [0, 0.1) is 6.92 Å². The Morgan fingerprint density at radius 1 is 1.42 bits per heavy atom. The maximum atomic E-state index is 11.7. The summed E-state index contributed by atoms with van der Waals surface area (Å²) in [4.78, 5) is 0. The molecule has 0 saturated carbocycles. The topological polar surface area (TPSA) is 20.2 Å². The summed E-state index contributed by atoms with van der Waals surface area (Å²) in [6, 6.07) is 7.35. The van der Waals surface area contributed by atoms with Crippen molar-refractivity contribution >= 4 is 0 Å². The van der Waals surface area contributed by atoms with Gasteiger partial charge < -0.3 is 5.11 Å². The summed E-state index contributed by atoms with van der Waals surface area (Å²) in [5, 5.41) is 9.37. The molecule has 1 aromatic rings. The number of rotatable bonds is 2. The lowest BCUT2D eigenvalue weighted by atomic mass is 10.0. The lowest BCUT2D eigenvalue weighted by Crippen LogP contribution is -1.95. The molecule has 1 rings (SSSR count). The van der Waals surface area contributed by atoms with Gasteiger partial charge in [-0.05, 0) is 24.1 Å². The molecule has 0 saturated heterocycles. The van der Waals surface area contributed by atoms with E-state index >= 15 is 0 Å². The molecule has 0 bridgehead atoms. The van der Waals surface area contributed by atoms with Crippen LogP contribution in [0.15, 0.2) is 36.7 Å². The second-order valence-electron chi connectivity index (χ2n) is 2.62. The van der Waals surface area contributed by atoms with E-state index in [0.29, 0.717) is 6.33 Å². The predicted molar refractivity (Wildman–Crippen MR) is 46.4 cm³/mol. The van der Waals surface area contributed by atoms with Gasteiger partial charge in [0.1, 0.15) is 0 Å². The third-order valence-corrected chi connectivity index (χ3v) is 1.76. The van der Waals surface area contributed by atoms with Crippen LogP contribution in [0.2, 0.25) is 0 Å². The van der Waals surface area contributed by atoms with Gasteiger partial charge in [-0.15, -0.1) is 0 Å². The summed E-state index contributed by atoms with van der Waals surface area (Å²) in [5.41, 5.74) is 1.70. The molecular formula is C10H11FO. The smallest absolute Gasteiger partial charge is 0.0999 e. The minimum atomic E-state index is -0.837. The highest BCUT2D eigenvalue weighted by Gasteiger charge is 2.04. The van der Waals surface area contributed by atoms with Gasteiger partial charge in [-0.25, -0.2) is 4.39 Å². The Morgan fingerprint density at radius 2 is 2.08 bits per heavy atom. The van der Waals surface area contributed by atoms with E-state index in [9.17, 15) is 9.50 Å². The first-order valence-corrected chi connectivity index (χ1v) is 3.76. The number of hydrogen-bond donors (Lipinski definition) is 1. The Hall–Kier alpha value is -1.15. The Labute approximate surface area is 71.2 Å². The summed E-state index contributed by atoms with van der Waals surface area (Å²) in [6.07, 6.45) is 0.635. The van der Waals surface area contributed by atoms with Crippen LogP contribution < -0.4 is 0 Å². The number of aliphatic hydroxyl groups excluding tert-OH is 1. The first kappa shape index (κ1) is 8.94. The highest BCUT2D eigenvalue weighted by atomic mass is 19.1. The lowest BCUT2D eigenvalue weighted by Gasteiger charge is -2.07. The van der Waals surface area contributed by atoms with Crippen molar-refractivity contribution in [2.24, 2.45) is 0 Å². The molecule has 1 atom stereocenters. The van der Waals surface area contributed by atoms with Crippen LogP contribution in [0.3, 0.4) is 0 Å². The third-order valence-electron chi connectivity index (χ3n) is 1.76. The average Bonchev–Trinajstić information content (AvgIpc) is 2.05. The molecule has 0 aliphatic rings. The average molecular weight is 166 g/mol. The minimum absolute atomic E-state index is 0.358. The number of halogens is 1. The number of hydrogen-bond acceptors (Lipinski definition) is 1. The van der Waals surface area contributed by atoms with Crippen molar-refractivity contribution in [2.75, 3.05) is 0 Å². The van der Waals surface area contributed by atoms with Crippen molar-refractivity contribution in [1.29, 1.82) is 0 Å². The van der Waals surface area contributed by atoms with Crippen molar-refractivity contribution in [1.82, 2.24) is 0 Å². The standard InChI is InChI=1S/C10H11FO/c1-8-4-2-3-5-9(8)10(12)6-7-11/h2-7,10,12H,1H3. The molecule has 2 heteroatoms. The van der Waals surface area contributed by atoms with Gasteiger partial charge >= 0.3 is 0 Å². The summed E-state index contributed by atoms with van der Waals surface area (Å²) in [5.74, 6) is 0. The highest BCUT2D eigenvalue weighted by Crippen LogP contribution is 2.17. The van der Waals surface area contributed by atoms with E-state index in [4.69, 9.17) is 0 Å². The first-order valence-electron chi connectivity index (χ1n) is 3.76. The molecule has 0 fully saturated rings. The molecule has 1 aromatic carbocycles. The molecule has 0 aromatic heterocycles. The zero-order chi connectivity index (χ0) is 8.97. The fraction of sp³-hybridized carbons (Fsp3) is 0.200. The van der Waals surface area contributed by atoms with Crippen molar-refractivity contribution < 1.29 is 9.50 Å². The molecule has 0 amide bonds. The highest BCUT2D eigenvalue weighted by molar-refractivity contribution is 5.29. The van der Waals surface area contributed by atoms with Crippen LogP contribution in [0.4, 0.5) is 4.39 Å². The maximum Gasteiger partial charge on any atom is 0.0999 e. The zero-order valence-electron chi connectivity index (χ0n) is 6.87. The van der Waals surface area contributed by atoms with Crippen molar-refractivity contribution in [3.05, 3.63) is 47.8 Å². The van der Waals surface area contributed by atoms with Crippen LogP contribution in [0.1, 0.15) is 17.2 Å². The van der Waals surface area contributed by atoms with Crippen LogP contribution >= 0.6 is 0 Å². The summed E-state index contributed by atoms with van der Waals surface area (Å²) < 4.78 is 11.7. The molecule has 0 aliphatic carbocycles. The zero-order valence-corrected chi connectivity index (χ0v) is 6.87. The fourth-order valence-electron chi connectivity index (χ4n) is 1.09. The van der Waals surface area contributed by atoms with E-state index in [2.05, 4.69) is 0 Å². The van der Waals surface area contributed by atoms with Crippen LogP contribution in [-0.2, 0) is 0 Å². The van der Waals surface area contributed by atoms with Gasteiger partial charge in [0.05, 0.1) is 12.4 Å². The Morgan fingerprint density at radius 3 is 2.67 bits per heavy atom. The SMILES string of the molecule is Cc1ccccc1C(O)C=CF. The molecule has 0 spiro atoms. The second-order valence-corrected chi connectivity index (χ2v) is 2.62. The lowest BCUT2D eigenvalue weighted by molar-refractivity contribution is 0.226. The number of aliphatic hydroxyl groups is 1. The molecule has 1 nitrogen and oxygen atoms in total. The molecule has 0 radical (unpaired) electrons. The Bertz CT molecular complexity index is 281. The van der Waals surface area contributed by atoms with Gasteiger partial charge in [0, 0.05) is 0 Å². The normalized spacial score (nSPS) is 13.6. The molecular weight excluding hydrogens is 155 g/mol. The van der Waals surface area contributed by atoms with E-state index in [1.165, 1.54) is 0 Å². The molecule has 12 heavy (non-hydrogen) atoms. The van der Waals surface area contributed by atoms with Crippen molar-refractivity contribution in [2.45, 2.75) is 13.0 Å². The quantitative estimate of drug-likeness (QED) is 0.715. The summed E-state index contributed by atoms with van der Waals surface area (Å²) in [6.45, 7) is 1.88. The Balaban J connectivity index is 2.94. The Kier molecular flexibility index (Phi) is 3.00. The van der Waals surface area contributed by atoms with Gasteiger partial charge in [0.25, 0.3) is 0 Å². The van der Waals surface area contributed by atoms with Crippen LogP contribution in [-0.4, -0.2) is 5.11 Å². The van der Waals surface area contributed by atoms with E-state index in [1.807, 2.05) is 25.1 Å². The van der Waals surface area contributed by atoms with E-state index in [1.54, 1.807) is 6.07 Å². The fourth-order valence-corrected chi connectivity index (χ4v) is 1.09. The monoisotopic (exact) mass is 166 g/mol. The molecule has 1 N–H and O–H groups in total. The minimum Gasteiger partial charge on any atom is -0.384 e. The van der Waals surface area contributed by atoms with Gasteiger partial charge in [-0.2, -0.15) is 0 Å². The largest absolute Gasteiger partial charge is 0.384 e. The molecule has 64 valence electrons. The van der Waals surface area contributed by atoms with Gasteiger partial charge in [-0.1, -0.05) is 24.3 Å². The van der Waals surface area contributed by atoms with Crippen LogP contribution in [0.25, 0.3) is 0 Å². The summed E-state index contributed by atoms with van der Waals surface area (Å²) in [7, 11) is 0. The van der Waals surface area contributed by atoms with E-state index in [-0.39, 0.29) is 0 Å². The van der Waals surface area contributed by atoms with Gasteiger partial charge in [0.2, 0.25) is 0 Å². The molecule has 0 heterocycles. The van der Waals surface area contributed by atoms with Gasteiger partial charge in [0.15, 0.2) is 0 Å². The predicted octanol–water partition coefficient (Wildman–Crippen LogP) is 2.51. The van der Waals surface area contributed by atoms with Crippen LogP contribution in [0.5, 0.6) is 0 Å².